The molecule has 1 aromatic heterocycles. The molecular formula is C27H42N2O5S. The van der Waals surface area contributed by atoms with Gasteiger partial charge in [0.15, 0.2) is 0 Å². The van der Waals surface area contributed by atoms with Gasteiger partial charge in [-0.2, -0.15) is 0 Å². The first-order valence-corrected chi connectivity index (χ1v) is 13.6. The van der Waals surface area contributed by atoms with E-state index in [4.69, 9.17) is 4.74 Å². The molecule has 196 valence electrons. The molecule has 0 radical (unpaired) electrons. The quantitative estimate of drug-likeness (QED) is 0.558. The Morgan fingerprint density at radius 1 is 1.26 bits per heavy atom. The maximum absolute atomic E-state index is 13.2. The zero-order chi connectivity index (χ0) is 26.1. The Hall–Kier alpha value is -1.61. The van der Waals surface area contributed by atoms with Crippen molar-refractivity contribution in [1.82, 2.24) is 10.3 Å². The van der Waals surface area contributed by atoms with E-state index < -0.39 is 23.5 Å². The normalized spacial score (nSPS) is 37.5. The van der Waals surface area contributed by atoms with Gasteiger partial charge in [0.25, 0.3) is 0 Å². The number of hydrogen-bond acceptors (Lipinski definition) is 7. The average molecular weight is 507 g/mol. The van der Waals surface area contributed by atoms with Crippen LogP contribution in [0.5, 0.6) is 0 Å². The molecule has 2 bridgehead atoms. The number of ether oxygens (including phenoxy) is 1. The van der Waals surface area contributed by atoms with Gasteiger partial charge >= 0.3 is 0 Å². The number of nitrogens with zero attached hydrogens (tertiary/aromatic N) is 1. The lowest BCUT2D eigenvalue weighted by Crippen LogP contribution is -2.59. The molecule has 4 rings (SSSR count). The number of nitrogens with one attached hydrogen (secondary N) is 1. The molecule has 7 atom stereocenters. The van der Waals surface area contributed by atoms with Crippen LogP contribution in [-0.2, 0) is 14.3 Å². The fraction of sp³-hybridized carbons (Fsp3) is 0.741. The summed E-state index contributed by atoms with van der Waals surface area (Å²) >= 11 is 1.57. The molecule has 8 heteroatoms. The highest BCUT2D eigenvalue weighted by Crippen LogP contribution is 2.41. The number of fused-ring (bicyclic) bond motifs is 12. The molecule has 0 aromatic carbocycles. The van der Waals surface area contributed by atoms with Crippen LogP contribution in [0.4, 0.5) is 0 Å². The Balaban J connectivity index is 1.87. The van der Waals surface area contributed by atoms with Gasteiger partial charge in [-0.1, -0.05) is 34.1 Å². The molecule has 0 saturated carbocycles. The van der Waals surface area contributed by atoms with E-state index in [9.17, 15) is 19.8 Å². The largest absolute Gasteiger partial charge is 0.392 e. The van der Waals surface area contributed by atoms with Gasteiger partial charge in [0.2, 0.25) is 5.91 Å². The van der Waals surface area contributed by atoms with E-state index >= 15 is 0 Å². The summed E-state index contributed by atoms with van der Waals surface area (Å²) < 4.78 is 6.37. The lowest BCUT2D eigenvalue weighted by molar-refractivity contribution is -0.207. The van der Waals surface area contributed by atoms with Crippen molar-refractivity contribution in [1.29, 1.82) is 0 Å². The molecule has 3 saturated heterocycles. The minimum atomic E-state index is -1.17. The third-order valence-electron chi connectivity index (χ3n) is 7.98. The molecule has 3 aliphatic heterocycles. The minimum Gasteiger partial charge on any atom is -0.392 e. The predicted octanol–water partition coefficient (Wildman–Crippen LogP) is 4.05. The summed E-state index contributed by atoms with van der Waals surface area (Å²) in [6, 6.07) is -0.351. The number of aryl methyl sites for hydroxylation is 1. The van der Waals surface area contributed by atoms with Crippen molar-refractivity contribution >= 4 is 29.1 Å². The molecule has 0 spiro atoms. The van der Waals surface area contributed by atoms with E-state index in [0.29, 0.717) is 0 Å². The highest BCUT2D eigenvalue weighted by atomic mass is 32.1. The Morgan fingerprint density at radius 3 is 2.51 bits per heavy atom. The topological polar surface area (TPSA) is 109 Å². The van der Waals surface area contributed by atoms with E-state index in [0.717, 1.165) is 42.0 Å². The fourth-order valence-electron chi connectivity index (χ4n) is 5.43. The van der Waals surface area contributed by atoms with Crippen molar-refractivity contribution in [3.8, 4) is 0 Å². The van der Waals surface area contributed by atoms with Gasteiger partial charge in [-0.05, 0) is 51.2 Å². The Kier molecular flexibility index (Phi) is 8.62. The SMILES string of the molecule is C/C(=C\c1csc(C)n1)C1NC(=O)CC(O)C(C)(C)C(=O)C(C)C(O)C(C)CCCC2(C)CC1O2. The number of thiazole rings is 1. The number of carbonyl (C=O) groups excluding carboxylic acids is 2. The van der Waals surface area contributed by atoms with Crippen LogP contribution in [0.1, 0.15) is 84.3 Å². The van der Waals surface area contributed by atoms with Crippen LogP contribution in [0.2, 0.25) is 0 Å². The zero-order valence-corrected chi connectivity index (χ0v) is 22.9. The average Bonchev–Trinajstić information content (AvgIpc) is 3.17. The molecule has 7 nitrogen and oxygen atoms in total. The van der Waals surface area contributed by atoms with E-state index in [2.05, 4.69) is 17.2 Å². The third-order valence-corrected chi connectivity index (χ3v) is 8.77. The van der Waals surface area contributed by atoms with Gasteiger partial charge in [0.1, 0.15) is 5.78 Å². The second kappa shape index (κ2) is 10.8. The van der Waals surface area contributed by atoms with Gasteiger partial charge in [0.05, 0.1) is 52.5 Å². The van der Waals surface area contributed by atoms with Crippen molar-refractivity contribution in [2.45, 2.75) is 111 Å². The Labute approximate surface area is 213 Å². The Morgan fingerprint density at radius 2 is 1.91 bits per heavy atom. The first-order valence-electron chi connectivity index (χ1n) is 12.7. The van der Waals surface area contributed by atoms with E-state index in [1.807, 2.05) is 32.2 Å². The van der Waals surface area contributed by atoms with E-state index in [1.54, 1.807) is 32.1 Å². The highest BCUT2D eigenvalue weighted by Gasteiger charge is 2.47. The fourth-order valence-corrected chi connectivity index (χ4v) is 6.00. The van der Waals surface area contributed by atoms with Crippen LogP contribution >= 0.6 is 11.3 Å². The number of carbonyl (C=O) groups is 2. The predicted molar refractivity (Wildman–Crippen MR) is 138 cm³/mol. The number of ketones is 1. The number of rotatable bonds is 2. The summed E-state index contributed by atoms with van der Waals surface area (Å²) in [7, 11) is 0. The monoisotopic (exact) mass is 506 g/mol. The van der Waals surface area contributed by atoms with Crippen molar-refractivity contribution in [3.63, 3.8) is 0 Å². The summed E-state index contributed by atoms with van der Waals surface area (Å²) in [5.74, 6) is -1.26. The second-order valence-corrected chi connectivity index (χ2v) is 12.6. The molecular weight excluding hydrogens is 464 g/mol. The number of aliphatic hydroxyl groups is 2. The Bertz CT molecular complexity index is 949. The van der Waals surface area contributed by atoms with Crippen LogP contribution in [0.3, 0.4) is 0 Å². The van der Waals surface area contributed by atoms with E-state index in [1.165, 1.54) is 0 Å². The standard InChI is InChI=1S/C27H42N2O5S/c1-15-9-8-10-27(7)13-20(34-27)23(16(2)11-19-14-35-18(4)28-19)29-22(31)12-21(30)26(5,6)25(33)17(3)24(15)32/h11,14-15,17,20-21,23-24,30,32H,8-10,12-13H2,1-7H3,(H,29,31)/b16-11+. The van der Waals surface area contributed by atoms with Gasteiger partial charge in [-0.25, -0.2) is 4.98 Å². The number of aromatic nitrogens is 1. The summed E-state index contributed by atoms with van der Waals surface area (Å²) in [6.45, 7) is 13.0. The van der Waals surface area contributed by atoms with Crippen molar-refractivity contribution in [2.75, 3.05) is 0 Å². The van der Waals surface area contributed by atoms with Crippen LogP contribution in [0.25, 0.3) is 6.08 Å². The third kappa shape index (κ3) is 6.40. The molecule has 35 heavy (non-hydrogen) atoms. The van der Waals surface area contributed by atoms with Gasteiger partial charge in [-0.15, -0.1) is 11.3 Å². The molecule has 7 unspecified atom stereocenters. The summed E-state index contributed by atoms with van der Waals surface area (Å²) in [6.07, 6.45) is 2.92. The molecule has 3 N–H and O–H groups in total. The molecule has 4 heterocycles. The number of Topliss-reactive ketones (excluding diaryl/α,β-unsaturated/α-hetero) is 1. The summed E-state index contributed by atoms with van der Waals surface area (Å²) in [5.41, 5.74) is 0.336. The summed E-state index contributed by atoms with van der Waals surface area (Å²) in [4.78, 5) is 30.8. The lowest BCUT2D eigenvalue weighted by Gasteiger charge is -2.49. The number of amides is 1. The lowest BCUT2D eigenvalue weighted by atomic mass is 9.72. The van der Waals surface area contributed by atoms with Crippen LogP contribution in [0.15, 0.2) is 11.0 Å². The second-order valence-electron chi connectivity index (χ2n) is 11.5. The summed E-state index contributed by atoms with van der Waals surface area (Å²) in [5, 5.41) is 27.8. The van der Waals surface area contributed by atoms with Crippen molar-refractivity contribution in [2.24, 2.45) is 17.3 Å². The van der Waals surface area contributed by atoms with Crippen LogP contribution < -0.4 is 5.32 Å². The number of hydrogen-bond donors (Lipinski definition) is 3. The maximum Gasteiger partial charge on any atom is 0.223 e. The molecule has 3 aliphatic rings. The van der Waals surface area contributed by atoms with Crippen LogP contribution in [0, 0.1) is 24.2 Å². The minimum absolute atomic E-state index is 0.0583. The van der Waals surface area contributed by atoms with E-state index in [-0.39, 0.29) is 41.8 Å². The number of aliphatic hydroxyl groups excluding tert-OH is 2. The van der Waals surface area contributed by atoms with Crippen molar-refractivity contribution in [3.05, 3.63) is 21.7 Å². The first-order chi connectivity index (χ1) is 16.2. The molecule has 1 aromatic rings. The first kappa shape index (κ1) is 28.0. The van der Waals surface area contributed by atoms with Gasteiger partial charge < -0.3 is 20.3 Å². The highest BCUT2D eigenvalue weighted by molar-refractivity contribution is 7.09. The molecule has 3 fully saturated rings. The molecule has 0 aliphatic carbocycles. The maximum atomic E-state index is 13.2. The van der Waals surface area contributed by atoms with Gasteiger partial charge in [-0.3, -0.25) is 9.59 Å². The smallest absolute Gasteiger partial charge is 0.223 e. The van der Waals surface area contributed by atoms with Crippen LogP contribution in [-0.4, -0.2) is 56.8 Å². The van der Waals surface area contributed by atoms with Gasteiger partial charge in [0, 0.05) is 17.7 Å². The van der Waals surface area contributed by atoms with Crippen molar-refractivity contribution < 1.29 is 24.5 Å². The molecule has 1 amide bonds. The zero-order valence-electron chi connectivity index (χ0n) is 22.1.